The fourth-order valence-electron chi connectivity index (χ4n) is 7.09. The van der Waals surface area contributed by atoms with Crippen molar-refractivity contribution < 1.29 is 19.1 Å². The summed E-state index contributed by atoms with van der Waals surface area (Å²) in [6.07, 6.45) is 8.44. The lowest BCUT2D eigenvalue weighted by atomic mass is 9.74. The number of hydrogen-bond acceptors (Lipinski definition) is 4. The highest BCUT2D eigenvalue weighted by atomic mass is 16.5. The van der Waals surface area contributed by atoms with Crippen LogP contribution in [0.25, 0.3) is 0 Å². The van der Waals surface area contributed by atoms with E-state index in [0.29, 0.717) is 5.69 Å². The highest BCUT2D eigenvalue weighted by Gasteiger charge is 2.73. The van der Waals surface area contributed by atoms with Crippen LogP contribution in [-0.4, -0.2) is 46.4 Å². The van der Waals surface area contributed by atoms with E-state index in [1.807, 2.05) is 81.5 Å². The molecular weight excluding hydrogens is 490 g/mol. The Bertz CT molecular complexity index is 1320. The van der Waals surface area contributed by atoms with Crippen molar-refractivity contribution in [1.29, 1.82) is 0 Å². The van der Waals surface area contributed by atoms with Gasteiger partial charge >= 0.3 is 0 Å². The van der Waals surface area contributed by atoms with Crippen LogP contribution in [0.2, 0.25) is 0 Å². The van der Waals surface area contributed by atoms with Crippen molar-refractivity contribution in [3.05, 3.63) is 77.4 Å². The Labute approximate surface area is 230 Å². The molecule has 2 N–H and O–H groups in total. The van der Waals surface area contributed by atoms with Crippen LogP contribution in [-0.2, 0) is 19.1 Å². The molecule has 6 rings (SSSR count). The minimum absolute atomic E-state index is 0.0946. The van der Waals surface area contributed by atoms with E-state index in [1.165, 1.54) is 6.42 Å². The Hall–Kier alpha value is -3.45. The van der Waals surface area contributed by atoms with Crippen molar-refractivity contribution in [2.24, 2.45) is 11.8 Å². The van der Waals surface area contributed by atoms with Crippen LogP contribution in [0.5, 0.6) is 0 Å². The lowest BCUT2D eigenvalue weighted by Gasteiger charge is -2.37. The molecule has 1 saturated carbocycles. The maximum atomic E-state index is 14.3. The summed E-state index contributed by atoms with van der Waals surface area (Å²) < 4.78 is 6.51. The summed E-state index contributed by atoms with van der Waals surface area (Å²) in [4.78, 5) is 43.8. The predicted molar refractivity (Wildman–Crippen MR) is 149 cm³/mol. The van der Waals surface area contributed by atoms with Crippen LogP contribution >= 0.6 is 0 Å². The van der Waals surface area contributed by atoms with E-state index in [9.17, 15) is 14.4 Å². The van der Waals surface area contributed by atoms with Gasteiger partial charge in [-0.15, -0.1) is 0 Å². The molecule has 0 aromatic heterocycles. The van der Waals surface area contributed by atoms with Gasteiger partial charge in [0.1, 0.15) is 11.6 Å². The van der Waals surface area contributed by atoms with Crippen LogP contribution in [0.15, 0.2) is 60.7 Å². The molecule has 2 bridgehead atoms. The van der Waals surface area contributed by atoms with Gasteiger partial charge in [0.2, 0.25) is 17.7 Å². The quantitative estimate of drug-likeness (QED) is 0.538. The second-order valence-corrected chi connectivity index (χ2v) is 11.7. The number of ether oxygens (including phenoxy) is 1. The molecule has 6 atom stereocenters. The highest BCUT2D eigenvalue weighted by Crippen LogP contribution is 2.56. The summed E-state index contributed by atoms with van der Waals surface area (Å²) in [6.45, 7) is 5.98. The molecule has 39 heavy (non-hydrogen) atoms. The van der Waals surface area contributed by atoms with E-state index in [0.717, 1.165) is 42.4 Å². The van der Waals surface area contributed by atoms with Crippen LogP contribution in [0.4, 0.5) is 5.69 Å². The second kappa shape index (κ2) is 9.94. The van der Waals surface area contributed by atoms with Crippen molar-refractivity contribution in [2.75, 3.05) is 5.32 Å². The molecule has 2 saturated heterocycles. The van der Waals surface area contributed by atoms with Gasteiger partial charge in [-0.25, -0.2) is 0 Å². The first-order chi connectivity index (χ1) is 18.8. The van der Waals surface area contributed by atoms with Crippen molar-refractivity contribution in [2.45, 2.75) is 82.7 Å². The number of carbonyl (C=O) groups excluding carboxylic acids is 3. The Morgan fingerprint density at radius 1 is 1.00 bits per heavy atom. The van der Waals surface area contributed by atoms with Crippen molar-refractivity contribution in [3.8, 4) is 0 Å². The molecule has 3 heterocycles. The van der Waals surface area contributed by atoms with Gasteiger partial charge in [0.15, 0.2) is 0 Å². The van der Waals surface area contributed by atoms with Gasteiger partial charge in [-0.3, -0.25) is 14.4 Å². The van der Waals surface area contributed by atoms with Crippen molar-refractivity contribution in [1.82, 2.24) is 10.2 Å². The minimum Gasteiger partial charge on any atom is -0.359 e. The molecule has 1 spiro atoms. The first-order valence-electron chi connectivity index (χ1n) is 14.2. The Morgan fingerprint density at radius 2 is 1.74 bits per heavy atom. The predicted octanol–water partition coefficient (Wildman–Crippen LogP) is 4.60. The van der Waals surface area contributed by atoms with Crippen LogP contribution in [0.1, 0.15) is 61.8 Å². The number of hydrogen-bond donors (Lipinski definition) is 2. The molecule has 4 aliphatic rings. The van der Waals surface area contributed by atoms with E-state index in [1.54, 1.807) is 4.90 Å². The van der Waals surface area contributed by atoms with Crippen LogP contribution < -0.4 is 10.6 Å². The van der Waals surface area contributed by atoms with Gasteiger partial charge in [0, 0.05) is 11.7 Å². The number of benzene rings is 2. The largest absolute Gasteiger partial charge is 0.359 e. The smallest absolute Gasteiger partial charge is 0.246 e. The average Bonchev–Trinajstić information content (AvgIpc) is 3.58. The number of nitrogens with one attached hydrogen (secondary N) is 2. The number of likely N-dealkylation sites (tertiary alicyclic amines) is 1. The number of rotatable bonds is 6. The fraction of sp³-hybridized carbons (Fsp3) is 0.469. The first-order valence-corrected chi connectivity index (χ1v) is 14.2. The van der Waals surface area contributed by atoms with Gasteiger partial charge in [0.05, 0.1) is 24.0 Å². The van der Waals surface area contributed by atoms with Gasteiger partial charge in [-0.05, 0) is 62.4 Å². The van der Waals surface area contributed by atoms with Gasteiger partial charge in [-0.2, -0.15) is 0 Å². The number of fused-ring (bicyclic) bond motifs is 1. The zero-order chi connectivity index (χ0) is 27.3. The lowest BCUT2D eigenvalue weighted by Crippen LogP contribution is -2.56. The second-order valence-electron chi connectivity index (χ2n) is 11.7. The molecule has 0 radical (unpaired) electrons. The number of anilines is 1. The third kappa shape index (κ3) is 4.27. The summed E-state index contributed by atoms with van der Waals surface area (Å²) in [5.74, 6) is -2.15. The summed E-state index contributed by atoms with van der Waals surface area (Å²) in [5, 5.41) is 6.28. The van der Waals surface area contributed by atoms with Gasteiger partial charge < -0.3 is 20.3 Å². The van der Waals surface area contributed by atoms with E-state index in [2.05, 4.69) is 10.6 Å². The SMILES string of the molecule is Cc1ccc(NC(=O)C2[C@H]3C=CC4(O3)C(C(=O)NC3CCCCC3)N(C(C)c3ccccc3)C(=O)[C@@H]24)cc1C. The molecule has 7 nitrogen and oxygen atoms in total. The molecule has 204 valence electrons. The number of amides is 3. The van der Waals surface area contributed by atoms with Crippen LogP contribution in [0, 0.1) is 25.7 Å². The number of carbonyl (C=O) groups is 3. The van der Waals surface area contributed by atoms with E-state index in [-0.39, 0.29) is 29.8 Å². The molecular formula is C32H37N3O4. The average molecular weight is 528 g/mol. The summed E-state index contributed by atoms with van der Waals surface area (Å²) in [5.41, 5.74) is 2.67. The minimum atomic E-state index is -1.17. The Morgan fingerprint density at radius 3 is 2.46 bits per heavy atom. The molecule has 2 aromatic rings. The van der Waals surface area contributed by atoms with Crippen molar-refractivity contribution >= 4 is 23.4 Å². The third-order valence-electron chi connectivity index (χ3n) is 9.29. The standard InChI is InChI=1S/C32H37N3O4/c1-19-14-15-24(18-20(19)2)34-29(36)26-25-16-17-32(39-25)27(26)31(38)35(21(3)22-10-6-4-7-11-22)28(32)30(37)33-23-12-8-5-9-13-23/h4,6-7,10-11,14-18,21,23,25-28H,5,8-9,12-13H2,1-3H3,(H,33,37)(H,34,36)/t21?,25-,26?,27-,28?,32?/m1/s1. The van der Waals surface area contributed by atoms with Crippen LogP contribution in [0.3, 0.4) is 0 Å². The van der Waals surface area contributed by atoms with Crippen molar-refractivity contribution in [3.63, 3.8) is 0 Å². The summed E-state index contributed by atoms with van der Waals surface area (Å²) >= 11 is 0. The fourth-order valence-corrected chi connectivity index (χ4v) is 7.09. The summed E-state index contributed by atoms with van der Waals surface area (Å²) in [7, 11) is 0. The van der Waals surface area contributed by atoms with E-state index in [4.69, 9.17) is 4.74 Å². The zero-order valence-corrected chi connectivity index (χ0v) is 22.9. The topological polar surface area (TPSA) is 87.7 Å². The molecule has 2 aromatic carbocycles. The van der Waals surface area contributed by atoms with Gasteiger partial charge in [0.25, 0.3) is 0 Å². The zero-order valence-electron chi connectivity index (χ0n) is 22.9. The lowest BCUT2D eigenvalue weighted by molar-refractivity contribution is -0.143. The molecule has 7 heteroatoms. The molecule has 3 amide bonds. The maximum Gasteiger partial charge on any atom is 0.246 e. The first kappa shape index (κ1) is 25.8. The monoisotopic (exact) mass is 527 g/mol. The van der Waals surface area contributed by atoms with Gasteiger partial charge in [-0.1, -0.05) is 67.8 Å². The highest BCUT2D eigenvalue weighted by molar-refractivity contribution is 6.03. The van der Waals surface area contributed by atoms with E-state index < -0.39 is 29.6 Å². The third-order valence-corrected chi connectivity index (χ3v) is 9.29. The molecule has 3 aliphatic heterocycles. The Balaban J connectivity index is 1.35. The molecule has 3 fully saturated rings. The number of nitrogens with zero attached hydrogens (tertiary/aromatic N) is 1. The molecule has 4 unspecified atom stereocenters. The Kier molecular flexibility index (Phi) is 6.58. The summed E-state index contributed by atoms with van der Waals surface area (Å²) in [6, 6.07) is 14.4. The number of aryl methyl sites for hydroxylation is 2. The maximum absolute atomic E-state index is 14.3. The normalized spacial score (nSPS) is 30.3. The van der Waals surface area contributed by atoms with E-state index >= 15 is 0 Å². The molecule has 1 aliphatic carbocycles.